The van der Waals surface area contributed by atoms with Crippen molar-refractivity contribution < 1.29 is 23.8 Å². The Kier molecular flexibility index (Phi) is 5.86. The minimum absolute atomic E-state index is 0.115. The predicted octanol–water partition coefficient (Wildman–Crippen LogP) is 4.49. The number of nitrogens with one attached hydrogen (secondary N) is 1. The number of rotatable bonds is 8. The van der Waals surface area contributed by atoms with Gasteiger partial charge in [-0.05, 0) is 42.3 Å². The second kappa shape index (κ2) is 8.75. The van der Waals surface area contributed by atoms with E-state index in [1.807, 2.05) is 36.4 Å². The maximum absolute atomic E-state index is 13.8. The van der Waals surface area contributed by atoms with Crippen LogP contribution in [0.15, 0.2) is 72.8 Å². The van der Waals surface area contributed by atoms with Crippen molar-refractivity contribution >= 4 is 17.4 Å². The highest BCUT2D eigenvalue weighted by atomic mass is 16.5. The summed E-state index contributed by atoms with van der Waals surface area (Å²) in [6.07, 6.45) is 0.431. The molecule has 1 aliphatic carbocycles. The number of ketones is 1. The SMILES string of the molecule is COc1cccc(NC(=O)C2CC2(C(=O)c2ccc(OC)c(OC)c2)c2ccccc2)c1. The number of carbonyl (C=O) groups excluding carboxylic acids is 2. The quantitative estimate of drug-likeness (QED) is 0.532. The third kappa shape index (κ3) is 3.80. The van der Waals surface area contributed by atoms with E-state index in [0.717, 1.165) is 5.56 Å². The van der Waals surface area contributed by atoms with Crippen molar-refractivity contribution in [2.75, 3.05) is 26.6 Å². The Morgan fingerprint density at radius 1 is 0.844 bits per heavy atom. The monoisotopic (exact) mass is 431 g/mol. The summed E-state index contributed by atoms with van der Waals surface area (Å²) in [7, 11) is 4.65. The third-order valence-electron chi connectivity index (χ3n) is 5.95. The number of hydrogen-bond acceptors (Lipinski definition) is 5. The molecule has 1 saturated carbocycles. The van der Waals surface area contributed by atoms with Crippen LogP contribution in [0.4, 0.5) is 5.69 Å². The number of methoxy groups -OCH3 is 3. The molecule has 0 radical (unpaired) electrons. The molecule has 32 heavy (non-hydrogen) atoms. The first-order valence-corrected chi connectivity index (χ1v) is 10.3. The first-order chi connectivity index (χ1) is 15.5. The molecule has 6 nitrogen and oxygen atoms in total. The van der Waals surface area contributed by atoms with E-state index in [2.05, 4.69) is 5.32 Å². The smallest absolute Gasteiger partial charge is 0.228 e. The molecule has 0 spiro atoms. The van der Waals surface area contributed by atoms with Gasteiger partial charge in [0.1, 0.15) is 5.75 Å². The van der Waals surface area contributed by atoms with Crippen LogP contribution in [0.25, 0.3) is 0 Å². The van der Waals surface area contributed by atoms with Crippen LogP contribution in [-0.2, 0) is 10.2 Å². The van der Waals surface area contributed by atoms with Crippen molar-refractivity contribution in [2.45, 2.75) is 11.8 Å². The average Bonchev–Trinajstić information content (AvgIpc) is 3.61. The maximum atomic E-state index is 13.8. The highest BCUT2D eigenvalue weighted by Crippen LogP contribution is 2.57. The van der Waals surface area contributed by atoms with E-state index in [1.165, 1.54) is 7.11 Å². The normalized spacial score (nSPS) is 19.0. The zero-order valence-electron chi connectivity index (χ0n) is 18.3. The molecule has 4 rings (SSSR count). The average molecular weight is 431 g/mol. The molecule has 1 aliphatic rings. The van der Waals surface area contributed by atoms with Crippen molar-refractivity contribution in [3.05, 3.63) is 83.9 Å². The molecule has 0 aliphatic heterocycles. The van der Waals surface area contributed by atoms with E-state index in [1.54, 1.807) is 50.6 Å². The summed E-state index contributed by atoms with van der Waals surface area (Å²) in [6, 6.07) is 21.7. The lowest BCUT2D eigenvalue weighted by Crippen LogP contribution is -2.28. The number of amides is 1. The fraction of sp³-hybridized carbons (Fsp3) is 0.231. The van der Waals surface area contributed by atoms with E-state index in [9.17, 15) is 9.59 Å². The third-order valence-corrected chi connectivity index (χ3v) is 5.95. The molecule has 0 aromatic heterocycles. The van der Waals surface area contributed by atoms with Crippen molar-refractivity contribution in [2.24, 2.45) is 5.92 Å². The Morgan fingerprint density at radius 3 is 2.28 bits per heavy atom. The van der Waals surface area contributed by atoms with Gasteiger partial charge in [0.05, 0.1) is 32.7 Å². The fourth-order valence-electron chi connectivity index (χ4n) is 4.18. The van der Waals surface area contributed by atoms with Crippen LogP contribution >= 0.6 is 0 Å². The Morgan fingerprint density at radius 2 is 1.59 bits per heavy atom. The summed E-state index contributed by atoms with van der Waals surface area (Å²) in [6.45, 7) is 0. The summed E-state index contributed by atoms with van der Waals surface area (Å²) in [5.41, 5.74) is 1.000. The molecule has 3 aromatic rings. The van der Waals surface area contributed by atoms with E-state index >= 15 is 0 Å². The molecule has 2 atom stereocenters. The molecule has 3 aromatic carbocycles. The molecule has 1 N–H and O–H groups in total. The van der Waals surface area contributed by atoms with Gasteiger partial charge < -0.3 is 19.5 Å². The second-order valence-corrected chi connectivity index (χ2v) is 7.71. The van der Waals surface area contributed by atoms with Crippen molar-refractivity contribution in [3.63, 3.8) is 0 Å². The Labute approximate surface area is 187 Å². The lowest BCUT2D eigenvalue weighted by Gasteiger charge is -2.18. The lowest BCUT2D eigenvalue weighted by atomic mass is 9.85. The Hall–Kier alpha value is -3.80. The zero-order valence-corrected chi connectivity index (χ0v) is 18.3. The van der Waals surface area contributed by atoms with E-state index in [0.29, 0.717) is 34.9 Å². The van der Waals surface area contributed by atoms with Gasteiger partial charge >= 0.3 is 0 Å². The molecule has 1 fully saturated rings. The van der Waals surface area contributed by atoms with E-state index < -0.39 is 11.3 Å². The van der Waals surface area contributed by atoms with Gasteiger partial charge in [-0.2, -0.15) is 0 Å². The van der Waals surface area contributed by atoms with Crippen LogP contribution in [0, 0.1) is 5.92 Å². The Balaban J connectivity index is 1.66. The van der Waals surface area contributed by atoms with Gasteiger partial charge in [-0.15, -0.1) is 0 Å². The van der Waals surface area contributed by atoms with Crippen molar-refractivity contribution in [1.29, 1.82) is 0 Å². The van der Waals surface area contributed by atoms with Gasteiger partial charge in [0.2, 0.25) is 5.91 Å². The maximum Gasteiger partial charge on any atom is 0.228 e. The van der Waals surface area contributed by atoms with Gasteiger partial charge in [-0.3, -0.25) is 9.59 Å². The lowest BCUT2D eigenvalue weighted by molar-refractivity contribution is -0.117. The van der Waals surface area contributed by atoms with Crippen molar-refractivity contribution in [3.8, 4) is 17.2 Å². The number of ether oxygens (including phenoxy) is 3. The second-order valence-electron chi connectivity index (χ2n) is 7.71. The van der Waals surface area contributed by atoms with Crippen LogP contribution in [0.3, 0.4) is 0 Å². The number of anilines is 1. The molecule has 0 saturated heterocycles. The molecule has 6 heteroatoms. The van der Waals surface area contributed by atoms with Crippen LogP contribution in [0.5, 0.6) is 17.2 Å². The number of benzene rings is 3. The van der Waals surface area contributed by atoms with Gasteiger partial charge in [0.15, 0.2) is 17.3 Å². The standard InChI is InChI=1S/C26H25NO5/c1-30-20-11-7-10-19(15-20)27-25(29)21-16-26(21,18-8-5-4-6-9-18)24(28)17-12-13-22(31-2)23(14-17)32-3/h4-15,21H,16H2,1-3H3,(H,27,29). The molecule has 164 valence electrons. The van der Waals surface area contributed by atoms with E-state index in [4.69, 9.17) is 14.2 Å². The number of carbonyl (C=O) groups is 2. The summed E-state index contributed by atoms with van der Waals surface area (Å²) >= 11 is 0. The summed E-state index contributed by atoms with van der Waals surface area (Å²) in [5.74, 6) is 0.859. The molecule has 2 unspecified atom stereocenters. The van der Waals surface area contributed by atoms with Crippen LogP contribution in [0.2, 0.25) is 0 Å². The van der Waals surface area contributed by atoms with Crippen LogP contribution in [0.1, 0.15) is 22.3 Å². The van der Waals surface area contributed by atoms with Gasteiger partial charge in [0, 0.05) is 17.3 Å². The number of Topliss-reactive ketones (excluding diaryl/α,β-unsaturated/α-hetero) is 1. The molecule has 0 bridgehead atoms. The van der Waals surface area contributed by atoms with Gasteiger partial charge in [-0.25, -0.2) is 0 Å². The first kappa shape index (κ1) is 21.4. The van der Waals surface area contributed by atoms with Gasteiger partial charge in [0.25, 0.3) is 0 Å². The highest BCUT2D eigenvalue weighted by Gasteiger charge is 2.64. The summed E-state index contributed by atoms with van der Waals surface area (Å²) in [4.78, 5) is 26.9. The largest absolute Gasteiger partial charge is 0.497 e. The van der Waals surface area contributed by atoms with Crippen LogP contribution < -0.4 is 19.5 Å². The predicted molar refractivity (Wildman–Crippen MR) is 122 cm³/mol. The summed E-state index contributed by atoms with van der Waals surface area (Å²) in [5, 5.41) is 2.93. The zero-order chi connectivity index (χ0) is 22.7. The first-order valence-electron chi connectivity index (χ1n) is 10.3. The van der Waals surface area contributed by atoms with Gasteiger partial charge in [-0.1, -0.05) is 36.4 Å². The molecule has 1 amide bonds. The molecular formula is C26H25NO5. The fourth-order valence-corrected chi connectivity index (χ4v) is 4.18. The topological polar surface area (TPSA) is 73.9 Å². The molecule has 0 heterocycles. The van der Waals surface area contributed by atoms with Crippen LogP contribution in [-0.4, -0.2) is 33.0 Å². The van der Waals surface area contributed by atoms with Crippen molar-refractivity contribution in [1.82, 2.24) is 0 Å². The number of hydrogen-bond donors (Lipinski definition) is 1. The minimum atomic E-state index is -0.927. The Bertz CT molecular complexity index is 1140. The summed E-state index contributed by atoms with van der Waals surface area (Å²) < 4.78 is 15.9. The highest BCUT2D eigenvalue weighted by molar-refractivity contribution is 6.12. The van der Waals surface area contributed by atoms with E-state index in [-0.39, 0.29) is 11.7 Å². The molecular weight excluding hydrogens is 406 g/mol. The minimum Gasteiger partial charge on any atom is -0.497 e.